The molecule has 2 N–H and O–H groups in total. The molecule has 0 unspecified atom stereocenters. The standard InChI is InChI=1S/C16H23NO2/c1-2-12-8-14-15(19-11-18-14)9-13(12)16(10-17)6-4-3-5-7-16/h8-9H,2-7,10-11,17H2,1H3. The number of aryl methyl sites for hydroxylation is 1. The summed E-state index contributed by atoms with van der Waals surface area (Å²) < 4.78 is 11.1. The molecule has 1 saturated carbocycles. The minimum atomic E-state index is 0.157. The predicted octanol–water partition coefficient (Wildman–Crippen LogP) is 3.14. The lowest BCUT2D eigenvalue weighted by molar-refractivity contribution is 0.173. The average Bonchev–Trinajstić information content (AvgIpc) is 2.93. The maximum absolute atomic E-state index is 6.17. The fourth-order valence-corrected chi connectivity index (χ4v) is 3.58. The summed E-state index contributed by atoms with van der Waals surface area (Å²) in [6.07, 6.45) is 7.34. The molecule has 1 aliphatic carbocycles. The van der Waals surface area contributed by atoms with E-state index in [1.807, 2.05) is 0 Å². The van der Waals surface area contributed by atoms with Gasteiger partial charge in [0, 0.05) is 12.0 Å². The van der Waals surface area contributed by atoms with E-state index in [2.05, 4.69) is 19.1 Å². The van der Waals surface area contributed by atoms with E-state index in [0.29, 0.717) is 6.79 Å². The fourth-order valence-electron chi connectivity index (χ4n) is 3.58. The summed E-state index contributed by atoms with van der Waals surface area (Å²) in [5.41, 5.74) is 9.10. The van der Waals surface area contributed by atoms with Crippen LogP contribution in [0.25, 0.3) is 0 Å². The number of rotatable bonds is 3. The maximum Gasteiger partial charge on any atom is 0.231 e. The van der Waals surface area contributed by atoms with Crippen molar-refractivity contribution < 1.29 is 9.47 Å². The highest BCUT2D eigenvalue weighted by Crippen LogP contribution is 2.45. The van der Waals surface area contributed by atoms with Crippen LogP contribution in [0.5, 0.6) is 11.5 Å². The Morgan fingerprint density at radius 3 is 2.42 bits per heavy atom. The van der Waals surface area contributed by atoms with Crippen LogP contribution in [0.2, 0.25) is 0 Å². The molecule has 104 valence electrons. The Labute approximate surface area is 115 Å². The topological polar surface area (TPSA) is 44.5 Å². The van der Waals surface area contributed by atoms with Crippen molar-refractivity contribution in [3.63, 3.8) is 0 Å². The molecule has 19 heavy (non-hydrogen) atoms. The first-order chi connectivity index (χ1) is 9.29. The molecule has 0 aromatic heterocycles. The minimum Gasteiger partial charge on any atom is -0.454 e. The van der Waals surface area contributed by atoms with Crippen molar-refractivity contribution in [3.05, 3.63) is 23.3 Å². The minimum absolute atomic E-state index is 0.157. The first-order valence-corrected chi connectivity index (χ1v) is 7.42. The van der Waals surface area contributed by atoms with Crippen molar-refractivity contribution in [1.82, 2.24) is 0 Å². The van der Waals surface area contributed by atoms with E-state index in [0.717, 1.165) is 24.5 Å². The fraction of sp³-hybridized carbons (Fsp3) is 0.625. The lowest BCUT2D eigenvalue weighted by atomic mass is 9.68. The van der Waals surface area contributed by atoms with E-state index in [-0.39, 0.29) is 5.41 Å². The molecule has 1 fully saturated rings. The zero-order valence-corrected chi connectivity index (χ0v) is 11.7. The molecule has 3 heteroatoms. The average molecular weight is 261 g/mol. The summed E-state index contributed by atoms with van der Waals surface area (Å²) in [5, 5.41) is 0. The van der Waals surface area contributed by atoms with Crippen LogP contribution in [0, 0.1) is 0 Å². The lowest BCUT2D eigenvalue weighted by Crippen LogP contribution is -2.38. The third-order valence-corrected chi connectivity index (χ3v) is 4.75. The summed E-state index contributed by atoms with van der Waals surface area (Å²) in [5.74, 6) is 1.79. The quantitative estimate of drug-likeness (QED) is 0.909. The summed E-state index contributed by atoms with van der Waals surface area (Å²) in [6.45, 7) is 3.28. The monoisotopic (exact) mass is 261 g/mol. The second-order valence-corrected chi connectivity index (χ2v) is 5.76. The molecule has 0 spiro atoms. The van der Waals surface area contributed by atoms with Gasteiger partial charge in [-0.2, -0.15) is 0 Å². The summed E-state index contributed by atoms with van der Waals surface area (Å²) in [4.78, 5) is 0. The third-order valence-electron chi connectivity index (χ3n) is 4.75. The molecule has 0 bridgehead atoms. The summed E-state index contributed by atoms with van der Waals surface area (Å²) in [6, 6.07) is 4.35. The molecular formula is C16H23NO2. The van der Waals surface area contributed by atoms with Gasteiger partial charge < -0.3 is 15.2 Å². The Bertz CT molecular complexity index is 464. The van der Waals surface area contributed by atoms with E-state index >= 15 is 0 Å². The highest BCUT2D eigenvalue weighted by molar-refractivity contribution is 5.51. The van der Waals surface area contributed by atoms with E-state index in [1.165, 1.54) is 43.2 Å². The summed E-state index contributed by atoms with van der Waals surface area (Å²) >= 11 is 0. The number of fused-ring (bicyclic) bond motifs is 1. The Balaban J connectivity index is 2.07. The zero-order chi connectivity index (χ0) is 13.3. The van der Waals surface area contributed by atoms with Gasteiger partial charge in [-0.15, -0.1) is 0 Å². The second-order valence-electron chi connectivity index (χ2n) is 5.76. The van der Waals surface area contributed by atoms with E-state index in [1.54, 1.807) is 0 Å². The van der Waals surface area contributed by atoms with Crippen molar-refractivity contribution in [2.24, 2.45) is 5.73 Å². The largest absolute Gasteiger partial charge is 0.454 e. The molecule has 0 atom stereocenters. The van der Waals surface area contributed by atoms with Crippen molar-refractivity contribution in [2.75, 3.05) is 13.3 Å². The van der Waals surface area contributed by atoms with Gasteiger partial charge in [0.2, 0.25) is 6.79 Å². The zero-order valence-electron chi connectivity index (χ0n) is 11.7. The van der Waals surface area contributed by atoms with Crippen molar-refractivity contribution in [2.45, 2.75) is 50.9 Å². The van der Waals surface area contributed by atoms with Gasteiger partial charge in [0.15, 0.2) is 11.5 Å². The molecule has 1 aromatic rings. The van der Waals surface area contributed by atoms with Crippen LogP contribution in [0.4, 0.5) is 0 Å². The van der Waals surface area contributed by atoms with Gasteiger partial charge in [0.1, 0.15) is 0 Å². The van der Waals surface area contributed by atoms with Gasteiger partial charge in [0.05, 0.1) is 0 Å². The number of nitrogens with two attached hydrogens (primary N) is 1. The predicted molar refractivity (Wildman–Crippen MR) is 75.8 cm³/mol. The molecule has 0 amide bonds. The van der Waals surface area contributed by atoms with Crippen LogP contribution in [0.1, 0.15) is 50.2 Å². The highest BCUT2D eigenvalue weighted by Gasteiger charge is 2.35. The van der Waals surface area contributed by atoms with Crippen LogP contribution in [0.3, 0.4) is 0 Å². The Kier molecular flexibility index (Phi) is 3.40. The molecule has 1 aromatic carbocycles. The van der Waals surface area contributed by atoms with Crippen molar-refractivity contribution >= 4 is 0 Å². The van der Waals surface area contributed by atoms with Crippen molar-refractivity contribution in [1.29, 1.82) is 0 Å². The third kappa shape index (κ3) is 2.10. The molecule has 3 nitrogen and oxygen atoms in total. The Morgan fingerprint density at radius 1 is 1.11 bits per heavy atom. The molecule has 1 aliphatic heterocycles. The smallest absolute Gasteiger partial charge is 0.231 e. The maximum atomic E-state index is 6.17. The van der Waals surface area contributed by atoms with Crippen LogP contribution < -0.4 is 15.2 Å². The second kappa shape index (κ2) is 5.04. The van der Waals surface area contributed by atoms with Gasteiger partial charge in [0.25, 0.3) is 0 Å². The molecule has 2 aliphatic rings. The van der Waals surface area contributed by atoms with Crippen LogP contribution in [-0.2, 0) is 11.8 Å². The molecule has 0 radical (unpaired) electrons. The molecular weight excluding hydrogens is 238 g/mol. The first-order valence-electron chi connectivity index (χ1n) is 7.42. The Morgan fingerprint density at radius 2 is 1.79 bits per heavy atom. The van der Waals surface area contributed by atoms with Gasteiger partial charge in [-0.3, -0.25) is 0 Å². The number of ether oxygens (including phenoxy) is 2. The highest BCUT2D eigenvalue weighted by atomic mass is 16.7. The van der Waals surface area contributed by atoms with Crippen LogP contribution >= 0.6 is 0 Å². The van der Waals surface area contributed by atoms with Crippen LogP contribution in [-0.4, -0.2) is 13.3 Å². The van der Waals surface area contributed by atoms with Gasteiger partial charge in [-0.25, -0.2) is 0 Å². The van der Waals surface area contributed by atoms with E-state index < -0.39 is 0 Å². The lowest BCUT2D eigenvalue weighted by Gasteiger charge is -2.38. The van der Waals surface area contributed by atoms with Gasteiger partial charge in [-0.05, 0) is 42.5 Å². The normalized spacial score (nSPS) is 20.5. The summed E-state index contributed by atoms with van der Waals surface area (Å²) in [7, 11) is 0. The number of hydrogen-bond donors (Lipinski definition) is 1. The molecule has 3 rings (SSSR count). The van der Waals surface area contributed by atoms with E-state index in [4.69, 9.17) is 15.2 Å². The van der Waals surface area contributed by atoms with Gasteiger partial charge >= 0.3 is 0 Å². The Hall–Kier alpha value is -1.22. The molecule has 0 saturated heterocycles. The van der Waals surface area contributed by atoms with Crippen molar-refractivity contribution in [3.8, 4) is 11.5 Å². The van der Waals surface area contributed by atoms with Gasteiger partial charge in [-0.1, -0.05) is 26.2 Å². The molecule has 1 heterocycles. The number of hydrogen-bond acceptors (Lipinski definition) is 3. The number of benzene rings is 1. The first kappa shape index (κ1) is 12.8. The van der Waals surface area contributed by atoms with E-state index in [9.17, 15) is 0 Å². The van der Waals surface area contributed by atoms with Crippen LogP contribution in [0.15, 0.2) is 12.1 Å². The SMILES string of the molecule is CCc1cc2c(cc1C1(CN)CCCCC1)OCO2.